The molecular weight excluding hydrogens is 72.1 g/mol. The minimum absolute atomic E-state index is 1.21. The maximum Gasteiger partial charge on any atom is -0.0100 e. The molecule has 0 saturated heterocycles. The lowest BCUT2D eigenvalue weighted by Gasteiger charge is -2.09. The van der Waals surface area contributed by atoms with Crippen LogP contribution in [-0.2, 0) is 0 Å². The molecule has 0 nitrogen and oxygen atoms in total. The molecule has 1 aliphatic carbocycles. The Balaban J connectivity index is 2.32. The van der Waals surface area contributed by atoms with Gasteiger partial charge in [0.2, 0.25) is 0 Å². The van der Waals surface area contributed by atoms with Crippen molar-refractivity contribution in [3.8, 4) is 0 Å². The Labute approximate surface area is 38.9 Å². The summed E-state index contributed by atoms with van der Waals surface area (Å²) in [6, 6.07) is 0. The van der Waals surface area contributed by atoms with Crippen molar-refractivity contribution in [2.75, 3.05) is 0 Å². The van der Waals surface area contributed by atoms with Crippen LogP contribution in [0.2, 0.25) is 0 Å². The van der Waals surface area contributed by atoms with Crippen LogP contribution in [0.25, 0.3) is 0 Å². The third kappa shape index (κ3) is 0.469. The first-order chi connectivity index (χ1) is 2.93. The number of hydrogen-bond acceptors (Lipinski definition) is 0. The second kappa shape index (κ2) is 1.46. The Morgan fingerprint density at radius 2 is 2.50 bits per heavy atom. The molecule has 33 valence electrons. The molecular formula is C6H9. The van der Waals surface area contributed by atoms with Gasteiger partial charge in [0.05, 0.1) is 0 Å². The lowest BCUT2D eigenvalue weighted by atomic mass is 9.97. The fourth-order valence-electron chi connectivity index (χ4n) is 0.573. The van der Waals surface area contributed by atoms with Crippen molar-refractivity contribution in [1.29, 1.82) is 0 Å². The summed E-state index contributed by atoms with van der Waals surface area (Å²) in [5, 5.41) is 0. The van der Waals surface area contributed by atoms with E-state index in [0.717, 1.165) is 0 Å². The van der Waals surface area contributed by atoms with Crippen LogP contribution >= 0.6 is 0 Å². The fourth-order valence-corrected chi connectivity index (χ4v) is 0.573. The highest BCUT2D eigenvalue weighted by atomic mass is 14.1. The van der Waals surface area contributed by atoms with Crippen molar-refractivity contribution < 1.29 is 0 Å². The van der Waals surface area contributed by atoms with E-state index in [-0.39, 0.29) is 0 Å². The van der Waals surface area contributed by atoms with Gasteiger partial charge in [-0.2, -0.15) is 0 Å². The van der Waals surface area contributed by atoms with Gasteiger partial charge in [-0.15, -0.1) is 0 Å². The predicted molar refractivity (Wildman–Crippen MR) is 27.3 cm³/mol. The van der Waals surface area contributed by atoms with Crippen LogP contribution < -0.4 is 0 Å². The molecule has 0 unspecified atom stereocenters. The zero-order chi connectivity index (χ0) is 4.41. The summed E-state index contributed by atoms with van der Waals surface area (Å²) in [5.74, 6) is 0. The summed E-state index contributed by atoms with van der Waals surface area (Å²) < 4.78 is 0. The smallest absolute Gasteiger partial charge is 0.0100 e. The maximum absolute atomic E-state index is 2.26. The molecule has 6 heavy (non-hydrogen) atoms. The third-order valence-electron chi connectivity index (χ3n) is 1.17. The molecule has 0 aliphatic heterocycles. The summed E-state index contributed by atoms with van der Waals surface area (Å²) in [5.41, 5.74) is 1.52. The van der Waals surface area contributed by atoms with E-state index in [0.29, 0.717) is 0 Å². The zero-order valence-corrected chi connectivity index (χ0v) is 4.07. The van der Waals surface area contributed by atoms with Crippen LogP contribution in [-0.4, -0.2) is 0 Å². The molecule has 0 fully saturated rings. The highest BCUT2D eigenvalue weighted by molar-refractivity contribution is 5.24. The van der Waals surface area contributed by atoms with E-state index in [9.17, 15) is 0 Å². The van der Waals surface area contributed by atoms with Gasteiger partial charge in [-0.1, -0.05) is 18.6 Å². The van der Waals surface area contributed by atoms with E-state index in [1.54, 1.807) is 0 Å². The molecule has 1 aliphatic rings. The monoisotopic (exact) mass is 81.1 g/mol. The van der Waals surface area contributed by atoms with Crippen molar-refractivity contribution in [2.24, 2.45) is 0 Å². The minimum Gasteiger partial charge on any atom is -0.0844 e. The van der Waals surface area contributed by atoms with Gasteiger partial charge in [-0.3, -0.25) is 0 Å². The molecule has 0 atom stereocenters. The lowest BCUT2D eigenvalue weighted by Crippen LogP contribution is -1.90. The molecule has 0 aromatic carbocycles. The van der Waals surface area contributed by atoms with E-state index >= 15 is 0 Å². The van der Waals surface area contributed by atoms with Crippen LogP contribution in [0.15, 0.2) is 11.6 Å². The van der Waals surface area contributed by atoms with E-state index in [2.05, 4.69) is 19.4 Å². The maximum atomic E-state index is 2.26. The van der Waals surface area contributed by atoms with Crippen molar-refractivity contribution in [1.82, 2.24) is 0 Å². The molecule has 0 amide bonds. The van der Waals surface area contributed by atoms with Crippen LogP contribution in [0, 0.1) is 6.42 Å². The van der Waals surface area contributed by atoms with Crippen LogP contribution in [0.5, 0.6) is 0 Å². The second-order valence-electron chi connectivity index (χ2n) is 1.57. The van der Waals surface area contributed by atoms with Gasteiger partial charge in [0, 0.05) is 0 Å². The molecule has 0 N–H and O–H groups in total. The molecule has 0 spiro atoms. The molecule has 1 radical (unpaired) electrons. The molecule has 0 aromatic heterocycles. The molecule has 0 aromatic rings. The topological polar surface area (TPSA) is 0 Å². The van der Waals surface area contributed by atoms with Crippen LogP contribution in [0.1, 0.15) is 19.8 Å². The standard InChI is InChI=1S/C6H9/c1-2-6-4-3-5-6/h4-5H,2-3H2,1H3. The predicted octanol–water partition coefficient (Wildman–Crippen LogP) is 1.93. The molecule has 0 bridgehead atoms. The van der Waals surface area contributed by atoms with Crippen molar-refractivity contribution in [2.45, 2.75) is 19.8 Å². The first kappa shape index (κ1) is 3.91. The van der Waals surface area contributed by atoms with E-state index in [1.165, 1.54) is 18.4 Å². The Bertz CT molecular complexity index is 70.1. The van der Waals surface area contributed by atoms with Gasteiger partial charge < -0.3 is 0 Å². The van der Waals surface area contributed by atoms with Gasteiger partial charge >= 0.3 is 0 Å². The Kier molecular flexibility index (Phi) is 0.952. The largest absolute Gasteiger partial charge is 0.0844 e. The van der Waals surface area contributed by atoms with Gasteiger partial charge in [0.1, 0.15) is 0 Å². The summed E-state index contributed by atoms with van der Waals surface area (Å²) in [7, 11) is 0. The molecule has 0 saturated carbocycles. The highest BCUT2D eigenvalue weighted by Gasteiger charge is 2.00. The van der Waals surface area contributed by atoms with Gasteiger partial charge in [-0.25, -0.2) is 0 Å². The number of allylic oxidation sites excluding steroid dienone is 2. The summed E-state index contributed by atoms with van der Waals surface area (Å²) in [4.78, 5) is 0. The average Bonchev–Trinajstić information content (AvgIpc) is 1.31. The third-order valence-corrected chi connectivity index (χ3v) is 1.17. The SMILES string of the molecule is CCC1=CC[CH]1. The van der Waals surface area contributed by atoms with Gasteiger partial charge in [-0.05, 0) is 19.3 Å². The van der Waals surface area contributed by atoms with E-state index in [1.807, 2.05) is 0 Å². The van der Waals surface area contributed by atoms with Gasteiger partial charge in [0.25, 0.3) is 0 Å². The summed E-state index contributed by atoms with van der Waals surface area (Å²) in [6.07, 6.45) is 6.96. The fraction of sp³-hybridized carbons (Fsp3) is 0.500. The van der Waals surface area contributed by atoms with Crippen LogP contribution in [0.3, 0.4) is 0 Å². The number of rotatable bonds is 1. The van der Waals surface area contributed by atoms with E-state index < -0.39 is 0 Å². The van der Waals surface area contributed by atoms with Crippen LogP contribution in [0.4, 0.5) is 0 Å². The molecule has 0 heterocycles. The van der Waals surface area contributed by atoms with Gasteiger partial charge in [0.15, 0.2) is 0 Å². The first-order valence-corrected chi connectivity index (χ1v) is 2.45. The van der Waals surface area contributed by atoms with Crippen molar-refractivity contribution in [3.05, 3.63) is 18.1 Å². The van der Waals surface area contributed by atoms with Crippen molar-refractivity contribution >= 4 is 0 Å². The Hall–Kier alpha value is -0.260. The first-order valence-electron chi connectivity index (χ1n) is 2.45. The zero-order valence-electron chi connectivity index (χ0n) is 4.07. The second-order valence-corrected chi connectivity index (χ2v) is 1.57. The minimum atomic E-state index is 1.21. The Morgan fingerprint density at radius 3 is 2.50 bits per heavy atom. The summed E-state index contributed by atoms with van der Waals surface area (Å²) >= 11 is 0. The molecule has 1 rings (SSSR count). The highest BCUT2D eigenvalue weighted by Crippen LogP contribution is 2.18. The van der Waals surface area contributed by atoms with E-state index in [4.69, 9.17) is 0 Å². The average molecular weight is 81.1 g/mol. The number of hydrogen-bond donors (Lipinski definition) is 0. The quantitative estimate of drug-likeness (QED) is 0.452. The van der Waals surface area contributed by atoms with Crippen molar-refractivity contribution in [3.63, 3.8) is 0 Å². The lowest BCUT2D eigenvalue weighted by molar-refractivity contribution is 0.978. The normalized spacial score (nSPS) is 19.2. The summed E-state index contributed by atoms with van der Waals surface area (Å²) in [6.45, 7) is 2.18. The Morgan fingerprint density at radius 1 is 1.83 bits per heavy atom. The molecule has 0 heteroatoms.